The number of aromatic nitrogens is 1. The number of aryl methyl sites for hydroxylation is 1. The molecule has 1 heterocycles. The fourth-order valence-corrected chi connectivity index (χ4v) is 2.90. The molecule has 1 aromatic heterocycles. The van der Waals surface area contributed by atoms with Crippen LogP contribution >= 0.6 is 0 Å². The summed E-state index contributed by atoms with van der Waals surface area (Å²) in [6, 6.07) is 18.4. The smallest absolute Gasteiger partial charge is 0.308 e. The predicted molar refractivity (Wildman–Crippen MR) is 113 cm³/mol. The summed E-state index contributed by atoms with van der Waals surface area (Å²) >= 11 is 0. The highest BCUT2D eigenvalue weighted by molar-refractivity contribution is 5.96. The minimum absolute atomic E-state index is 0.0990. The molecular weight excluding hydrogens is 398 g/mol. The summed E-state index contributed by atoms with van der Waals surface area (Å²) in [4.78, 5) is 37.5. The average Bonchev–Trinajstić information content (AvgIpc) is 3.17. The summed E-state index contributed by atoms with van der Waals surface area (Å²) in [5.41, 5.74) is 1.00. The van der Waals surface area contributed by atoms with Crippen molar-refractivity contribution in [3.05, 3.63) is 83.6 Å². The van der Waals surface area contributed by atoms with E-state index in [0.717, 1.165) is 0 Å². The zero-order valence-electron chi connectivity index (χ0n) is 17.2. The Balaban J connectivity index is 1.63. The number of carbonyl (C=O) groups excluding carboxylic acids is 3. The molecule has 0 aliphatic heterocycles. The molecule has 8 heteroatoms. The van der Waals surface area contributed by atoms with Gasteiger partial charge in [-0.3, -0.25) is 14.4 Å². The Labute approximate surface area is 179 Å². The van der Waals surface area contributed by atoms with Crippen molar-refractivity contribution in [3.8, 4) is 0 Å². The molecule has 8 nitrogen and oxygen atoms in total. The number of amides is 2. The van der Waals surface area contributed by atoms with E-state index in [9.17, 15) is 14.4 Å². The number of esters is 1. The van der Waals surface area contributed by atoms with Gasteiger partial charge in [-0.25, -0.2) is 0 Å². The van der Waals surface area contributed by atoms with E-state index in [1.54, 1.807) is 74.5 Å². The zero-order chi connectivity index (χ0) is 22.2. The Hall–Kier alpha value is -3.94. The molecule has 3 rings (SSSR count). The van der Waals surface area contributed by atoms with Crippen LogP contribution in [0, 0.1) is 6.92 Å². The predicted octanol–water partition coefficient (Wildman–Crippen LogP) is 3.41. The second-order valence-corrected chi connectivity index (χ2v) is 7.04. The van der Waals surface area contributed by atoms with Crippen molar-refractivity contribution in [2.24, 2.45) is 0 Å². The summed E-state index contributed by atoms with van der Waals surface area (Å²) in [5, 5.41) is 9.06. The van der Waals surface area contributed by atoms with E-state index in [0.29, 0.717) is 16.9 Å². The monoisotopic (exact) mass is 421 g/mol. The third-order valence-corrected chi connectivity index (χ3v) is 4.36. The third-order valence-electron chi connectivity index (χ3n) is 4.36. The van der Waals surface area contributed by atoms with Crippen LogP contribution in [-0.4, -0.2) is 29.0 Å². The quantitative estimate of drug-likeness (QED) is 0.539. The maximum Gasteiger partial charge on any atom is 0.308 e. The second kappa shape index (κ2) is 10.2. The first-order valence-corrected chi connectivity index (χ1v) is 9.77. The van der Waals surface area contributed by atoms with Crippen molar-refractivity contribution in [1.82, 2.24) is 10.5 Å². The number of nitrogens with zero attached hydrogens (tertiary/aromatic N) is 1. The normalized spacial score (nSPS) is 12.5. The number of nitrogens with one attached hydrogen (secondary N) is 2. The fourth-order valence-electron chi connectivity index (χ4n) is 2.90. The van der Waals surface area contributed by atoms with Crippen molar-refractivity contribution in [3.63, 3.8) is 0 Å². The van der Waals surface area contributed by atoms with E-state index < -0.39 is 24.0 Å². The van der Waals surface area contributed by atoms with Gasteiger partial charge in [-0.2, -0.15) is 0 Å². The number of hydrogen-bond acceptors (Lipinski definition) is 6. The van der Waals surface area contributed by atoms with Crippen LogP contribution in [0.25, 0.3) is 0 Å². The molecule has 31 heavy (non-hydrogen) atoms. The van der Waals surface area contributed by atoms with Gasteiger partial charge in [-0.1, -0.05) is 53.7 Å². The van der Waals surface area contributed by atoms with E-state index in [2.05, 4.69) is 15.8 Å². The number of rotatable bonds is 8. The second-order valence-electron chi connectivity index (χ2n) is 7.04. The molecule has 0 radical (unpaired) electrons. The lowest BCUT2D eigenvalue weighted by atomic mass is 10.1. The van der Waals surface area contributed by atoms with Gasteiger partial charge in [0.2, 0.25) is 6.10 Å². The maximum atomic E-state index is 12.8. The van der Waals surface area contributed by atoms with Gasteiger partial charge < -0.3 is 19.9 Å². The van der Waals surface area contributed by atoms with Crippen LogP contribution < -0.4 is 10.6 Å². The molecule has 0 saturated carbocycles. The molecule has 0 saturated heterocycles. The average molecular weight is 421 g/mol. The Kier molecular flexibility index (Phi) is 7.16. The van der Waals surface area contributed by atoms with Crippen molar-refractivity contribution < 1.29 is 23.6 Å². The van der Waals surface area contributed by atoms with Crippen LogP contribution in [0.3, 0.4) is 0 Å². The van der Waals surface area contributed by atoms with Crippen LogP contribution in [0.4, 0.5) is 5.82 Å². The summed E-state index contributed by atoms with van der Waals surface area (Å²) in [6.45, 7) is 3.39. The molecule has 2 aromatic carbocycles. The van der Waals surface area contributed by atoms with Crippen molar-refractivity contribution in [2.75, 3.05) is 5.32 Å². The summed E-state index contributed by atoms with van der Waals surface area (Å²) in [5.74, 6) is -0.718. The molecule has 0 aliphatic carbocycles. The van der Waals surface area contributed by atoms with Gasteiger partial charge in [0.05, 0.1) is 6.42 Å². The van der Waals surface area contributed by atoms with E-state index in [1.807, 2.05) is 6.07 Å². The van der Waals surface area contributed by atoms with Crippen molar-refractivity contribution in [2.45, 2.75) is 32.4 Å². The topological polar surface area (TPSA) is 111 Å². The molecule has 2 atom stereocenters. The number of carbonyl (C=O) groups is 3. The van der Waals surface area contributed by atoms with Crippen LogP contribution in [0.1, 0.15) is 41.1 Å². The number of hydrogen-bond donors (Lipinski definition) is 2. The van der Waals surface area contributed by atoms with Crippen LogP contribution in [0.2, 0.25) is 0 Å². The zero-order valence-corrected chi connectivity index (χ0v) is 17.2. The summed E-state index contributed by atoms with van der Waals surface area (Å²) < 4.78 is 10.4. The number of benzene rings is 2. The third kappa shape index (κ3) is 6.27. The Bertz CT molecular complexity index is 1030. The van der Waals surface area contributed by atoms with E-state index in [4.69, 9.17) is 9.26 Å². The van der Waals surface area contributed by atoms with Crippen LogP contribution in [0.5, 0.6) is 0 Å². The van der Waals surface area contributed by atoms with Gasteiger partial charge in [-0.15, -0.1) is 0 Å². The van der Waals surface area contributed by atoms with Gasteiger partial charge in [0.15, 0.2) is 5.82 Å². The first-order chi connectivity index (χ1) is 14.9. The lowest BCUT2D eigenvalue weighted by Crippen LogP contribution is -2.35. The Morgan fingerprint density at radius 3 is 2.29 bits per heavy atom. The first-order valence-electron chi connectivity index (χ1n) is 9.77. The van der Waals surface area contributed by atoms with Gasteiger partial charge in [-0.05, 0) is 26.0 Å². The minimum atomic E-state index is -1.18. The van der Waals surface area contributed by atoms with Gasteiger partial charge in [0, 0.05) is 23.2 Å². The highest BCUT2D eigenvalue weighted by Crippen LogP contribution is 2.21. The van der Waals surface area contributed by atoms with Crippen LogP contribution in [-0.2, 0) is 14.3 Å². The standard InChI is InChI=1S/C23H23N3O5/c1-15(24-22(28)18-11-7-4-8-12-18)13-20(27)30-21(17-9-5-3-6-10-17)23(29)25-19-14-16(2)31-26-19/h3-12,14-15,21H,13H2,1-2H3,(H,24,28)(H,25,26,29). The highest BCUT2D eigenvalue weighted by Gasteiger charge is 2.27. The molecule has 2 N–H and O–H groups in total. The van der Waals surface area contributed by atoms with Gasteiger partial charge >= 0.3 is 5.97 Å². The molecule has 0 aliphatic rings. The lowest BCUT2D eigenvalue weighted by molar-refractivity contribution is -0.155. The Morgan fingerprint density at radius 2 is 1.68 bits per heavy atom. The SMILES string of the molecule is Cc1cc(NC(=O)C(OC(=O)CC(C)NC(=O)c2ccccc2)c2ccccc2)no1. The minimum Gasteiger partial charge on any atom is -0.447 e. The number of ether oxygens (including phenoxy) is 1. The van der Waals surface area contributed by atoms with Crippen molar-refractivity contribution >= 4 is 23.6 Å². The highest BCUT2D eigenvalue weighted by atomic mass is 16.5. The summed E-state index contributed by atoms with van der Waals surface area (Å²) in [6.07, 6.45) is -1.28. The maximum absolute atomic E-state index is 12.8. The largest absolute Gasteiger partial charge is 0.447 e. The van der Waals surface area contributed by atoms with Crippen LogP contribution in [0.15, 0.2) is 71.3 Å². The lowest BCUT2D eigenvalue weighted by Gasteiger charge is -2.19. The molecule has 0 spiro atoms. The molecule has 3 aromatic rings. The molecule has 2 unspecified atom stereocenters. The molecule has 0 bridgehead atoms. The molecule has 160 valence electrons. The Morgan fingerprint density at radius 1 is 1.03 bits per heavy atom. The first kappa shape index (κ1) is 21.8. The van der Waals surface area contributed by atoms with Gasteiger partial charge in [0.1, 0.15) is 5.76 Å². The molecule has 0 fully saturated rings. The molecule has 2 amide bonds. The van der Waals surface area contributed by atoms with Gasteiger partial charge in [0.25, 0.3) is 11.8 Å². The molecular formula is C23H23N3O5. The van der Waals surface area contributed by atoms with Crippen molar-refractivity contribution in [1.29, 1.82) is 0 Å². The fraction of sp³-hybridized carbons (Fsp3) is 0.217. The van der Waals surface area contributed by atoms with E-state index >= 15 is 0 Å². The number of anilines is 1. The van der Waals surface area contributed by atoms with E-state index in [-0.39, 0.29) is 18.1 Å². The van der Waals surface area contributed by atoms with E-state index in [1.165, 1.54) is 0 Å². The summed E-state index contributed by atoms with van der Waals surface area (Å²) in [7, 11) is 0.